The highest BCUT2D eigenvalue weighted by Crippen LogP contribution is 2.33. The van der Waals surface area contributed by atoms with Gasteiger partial charge >= 0.3 is 5.97 Å². The van der Waals surface area contributed by atoms with Crippen LogP contribution in [0.25, 0.3) is 0 Å². The molecule has 0 saturated carbocycles. The maximum absolute atomic E-state index is 11.4. The van der Waals surface area contributed by atoms with E-state index in [1.165, 1.54) is 7.11 Å². The third-order valence-electron chi connectivity index (χ3n) is 3.07. The van der Waals surface area contributed by atoms with Crippen molar-refractivity contribution in [3.8, 4) is 17.2 Å². The Labute approximate surface area is 161 Å². The van der Waals surface area contributed by atoms with E-state index in [0.29, 0.717) is 12.2 Å². The minimum atomic E-state index is -0.685. The highest BCUT2D eigenvalue weighted by Gasteiger charge is 2.17. The molecule has 0 spiro atoms. The number of benzene rings is 2. The topological polar surface area (TPSA) is 81.8 Å². The maximum Gasteiger partial charge on any atom is 0.322 e. The van der Waals surface area contributed by atoms with E-state index in [-0.39, 0.29) is 5.75 Å². The van der Waals surface area contributed by atoms with Gasteiger partial charge in [-0.15, -0.1) is 0 Å². The summed E-state index contributed by atoms with van der Waals surface area (Å²) < 4.78 is 12.3. The SMILES string of the molecule is COC(=O)C(N)Cc1cc(I)c(Oc2ccc(O)cc2)c(I)c1. The van der Waals surface area contributed by atoms with Crippen molar-refractivity contribution in [1.29, 1.82) is 0 Å². The first-order valence-electron chi connectivity index (χ1n) is 6.69. The maximum atomic E-state index is 11.4. The highest BCUT2D eigenvalue weighted by atomic mass is 127. The highest BCUT2D eigenvalue weighted by molar-refractivity contribution is 14.1. The van der Waals surface area contributed by atoms with Gasteiger partial charge in [0.15, 0.2) is 5.75 Å². The number of carbonyl (C=O) groups is 1. The second-order valence-corrected chi connectivity index (χ2v) is 7.14. The fourth-order valence-corrected chi connectivity index (χ4v) is 4.07. The van der Waals surface area contributed by atoms with Crippen LogP contribution in [0.3, 0.4) is 0 Å². The quantitative estimate of drug-likeness (QED) is 0.450. The molecule has 0 heterocycles. The van der Waals surface area contributed by atoms with Crippen molar-refractivity contribution in [3.63, 3.8) is 0 Å². The Bertz CT molecular complexity index is 681. The van der Waals surface area contributed by atoms with E-state index in [0.717, 1.165) is 18.5 Å². The zero-order valence-electron chi connectivity index (χ0n) is 12.3. The van der Waals surface area contributed by atoms with Crippen LogP contribution in [-0.4, -0.2) is 24.2 Å². The van der Waals surface area contributed by atoms with Gasteiger partial charge in [-0.2, -0.15) is 0 Å². The van der Waals surface area contributed by atoms with Crippen molar-refractivity contribution >= 4 is 51.2 Å². The lowest BCUT2D eigenvalue weighted by Gasteiger charge is -2.14. The molecule has 0 amide bonds. The number of carbonyl (C=O) groups excluding carboxylic acids is 1. The van der Waals surface area contributed by atoms with Crippen molar-refractivity contribution in [2.45, 2.75) is 12.5 Å². The fraction of sp³-hybridized carbons (Fsp3) is 0.188. The molecule has 1 atom stereocenters. The number of phenols is 1. The van der Waals surface area contributed by atoms with Gasteiger partial charge in [0, 0.05) is 0 Å². The summed E-state index contributed by atoms with van der Waals surface area (Å²) in [5, 5.41) is 9.31. The van der Waals surface area contributed by atoms with Crippen LogP contribution in [0.5, 0.6) is 17.2 Å². The summed E-state index contributed by atoms with van der Waals surface area (Å²) in [7, 11) is 1.32. The second-order valence-electron chi connectivity index (χ2n) is 4.82. The van der Waals surface area contributed by atoms with Crippen LogP contribution in [0.15, 0.2) is 36.4 Å². The first-order chi connectivity index (χ1) is 10.9. The summed E-state index contributed by atoms with van der Waals surface area (Å²) in [6.07, 6.45) is 0.401. The van der Waals surface area contributed by atoms with Crippen LogP contribution in [-0.2, 0) is 16.0 Å². The Morgan fingerprint density at radius 2 is 1.78 bits per heavy atom. The third kappa shape index (κ3) is 4.95. The van der Waals surface area contributed by atoms with E-state index in [9.17, 15) is 9.90 Å². The number of phenolic OH excluding ortho intramolecular Hbond substituents is 1. The van der Waals surface area contributed by atoms with E-state index in [2.05, 4.69) is 49.9 Å². The minimum absolute atomic E-state index is 0.189. The molecule has 7 heteroatoms. The smallest absolute Gasteiger partial charge is 0.322 e. The molecule has 2 aromatic rings. The first kappa shape index (κ1) is 18.3. The molecule has 3 N–H and O–H groups in total. The minimum Gasteiger partial charge on any atom is -0.508 e. The summed E-state index contributed by atoms with van der Waals surface area (Å²) in [5.74, 6) is 1.12. The average Bonchev–Trinajstić information content (AvgIpc) is 2.51. The number of rotatable bonds is 5. The van der Waals surface area contributed by atoms with Crippen molar-refractivity contribution in [1.82, 2.24) is 0 Å². The summed E-state index contributed by atoms with van der Waals surface area (Å²) in [5.41, 5.74) is 6.74. The number of methoxy groups -OCH3 is 1. The predicted octanol–water partition coefficient (Wildman–Crippen LogP) is 3.44. The number of halogens is 2. The van der Waals surface area contributed by atoms with Crippen LogP contribution in [0, 0.1) is 7.14 Å². The van der Waals surface area contributed by atoms with Crippen LogP contribution in [0.2, 0.25) is 0 Å². The van der Waals surface area contributed by atoms with Gasteiger partial charge in [-0.1, -0.05) is 0 Å². The standard InChI is InChI=1S/C16H15I2NO4/c1-22-16(21)14(19)8-9-6-12(17)15(13(18)7-9)23-11-4-2-10(20)3-5-11/h2-7,14,20H,8,19H2,1H3. The molecule has 0 aromatic heterocycles. The number of hydrogen-bond donors (Lipinski definition) is 2. The Morgan fingerprint density at radius 3 is 2.30 bits per heavy atom. The zero-order chi connectivity index (χ0) is 17.0. The van der Waals surface area contributed by atoms with Crippen LogP contribution < -0.4 is 10.5 Å². The van der Waals surface area contributed by atoms with Crippen molar-refractivity contribution in [2.75, 3.05) is 7.11 Å². The van der Waals surface area contributed by atoms with Gasteiger partial charge in [0.25, 0.3) is 0 Å². The number of esters is 1. The molecule has 5 nitrogen and oxygen atoms in total. The summed E-state index contributed by atoms with van der Waals surface area (Å²) >= 11 is 4.36. The van der Waals surface area contributed by atoms with Gasteiger partial charge in [0.05, 0.1) is 14.3 Å². The van der Waals surface area contributed by atoms with E-state index in [4.69, 9.17) is 10.5 Å². The van der Waals surface area contributed by atoms with Gasteiger partial charge < -0.3 is 20.3 Å². The van der Waals surface area contributed by atoms with E-state index in [1.54, 1.807) is 24.3 Å². The Balaban J connectivity index is 2.20. The predicted molar refractivity (Wildman–Crippen MR) is 104 cm³/mol. The van der Waals surface area contributed by atoms with Crippen molar-refractivity contribution < 1.29 is 19.4 Å². The van der Waals surface area contributed by atoms with E-state index in [1.807, 2.05) is 12.1 Å². The van der Waals surface area contributed by atoms with Gasteiger partial charge in [-0.25, -0.2) is 0 Å². The number of ether oxygens (including phenoxy) is 2. The molecule has 122 valence electrons. The summed E-state index contributed by atoms with van der Waals surface area (Å²) in [4.78, 5) is 11.4. The van der Waals surface area contributed by atoms with Gasteiger partial charge in [0.2, 0.25) is 0 Å². The molecule has 0 aliphatic rings. The molecule has 0 fully saturated rings. The molecule has 2 aromatic carbocycles. The van der Waals surface area contributed by atoms with Crippen molar-refractivity contribution in [2.24, 2.45) is 5.73 Å². The van der Waals surface area contributed by atoms with Crippen LogP contribution in [0.4, 0.5) is 0 Å². The lowest BCUT2D eigenvalue weighted by molar-refractivity contribution is -0.142. The molecule has 0 radical (unpaired) electrons. The molecule has 1 unspecified atom stereocenters. The largest absolute Gasteiger partial charge is 0.508 e. The monoisotopic (exact) mass is 539 g/mol. The molecule has 0 bridgehead atoms. The Hall–Kier alpha value is -1.07. The number of nitrogens with two attached hydrogens (primary N) is 1. The average molecular weight is 539 g/mol. The molecule has 0 aliphatic carbocycles. The van der Waals surface area contributed by atoms with Crippen molar-refractivity contribution in [3.05, 3.63) is 49.1 Å². The summed E-state index contributed by atoms with van der Waals surface area (Å²) in [6, 6.07) is 9.71. The molecular formula is C16H15I2NO4. The molecule has 23 heavy (non-hydrogen) atoms. The summed E-state index contributed by atoms with van der Waals surface area (Å²) in [6.45, 7) is 0. The van der Waals surface area contributed by atoms with E-state index >= 15 is 0 Å². The third-order valence-corrected chi connectivity index (χ3v) is 4.68. The number of aromatic hydroxyl groups is 1. The van der Waals surface area contributed by atoms with Crippen LogP contribution >= 0.6 is 45.2 Å². The molecule has 2 rings (SSSR count). The normalized spacial score (nSPS) is 11.8. The Kier molecular flexibility index (Phi) is 6.48. The van der Waals surface area contributed by atoms with Crippen LogP contribution in [0.1, 0.15) is 5.56 Å². The van der Waals surface area contributed by atoms with E-state index < -0.39 is 12.0 Å². The van der Waals surface area contributed by atoms with Gasteiger partial charge in [-0.05, 0) is 93.6 Å². The first-order valence-corrected chi connectivity index (χ1v) is 8.84. The second kappa shape index (κ2) is 8.15. The molecular weight excluding hydrogens is 524 g/mol. The fourth-order valence-electron chi connectivity index (χ4n) is 1.95. The number of hydrogen-bond acceptors (Lipinski definition) is 5. The lowest BCUT2D eigenvalue weighted by atomic mass is 10.1. The molecule has 0 saturated heterocycles. The Morgan fingerprint density at radius 1 is 1.22 bits per heavy atom. The molecule has 0 aliphatic heterocycles. The zero-order valence-corrected chi connectivity index (χ0v) is 16.6. The van der Waals surface area contributed by atoms with Gasteiger partial charge in [0.1, 0.15) is 17.5 Å². The van der Waals surface area contributed by atoms with Gasteiger partial charge in [-0.3, -0.25) is 4.79 Å². The lowest BCUT2D eigenvalue weighted by Crippen LogP contribution is -2.33.